The second-order valence-electron chi connectivity index (χ2n) is 7.48. The van der Waals surface area contributed by atoms with Crippen LogP contribution in [0.1, 0.15) is 44.7 Å². The van der Waals surface area contributed by atoms with Gasteiger partial charge < -0.3 is 5.11 Å². The molecule has 1 N–H and O–H groups in total. The molecule has 1 aliphatic rings. The van der Waals surface area contributed by atoms with E-state index in [1.165, 1.54) is 0 Å². The number of hydrogen-bond donors (Lipinski definition) is 1. The Morgan fingerprint density at radius 3 is 2.64 bits per heavy atom. The summed E-state index contributed by atoms with van der Waals surface area (Å²) in [6.07, 6.45) is 1.21. The van der Waals surface area contributed by atoms with Crippen LogP contribution in [0.25, 0.3) is 0 Å². The fourth-order valence-electron chi connectivity index (χ4n) is 2.56. The van der Waals surface area contributed by atoms with E-state index in [1.807, 2.05) is 10.7 Å². The SMILES string of the molecule is CC(C)(C)CCN1CCn2nc([C@@H](O)CS(C)(=O)=O)cc2C1. The fourth-order valence-corrected chi connectivity index (χ4v) is 3.31. The van der Waals surface area contributed by atoms with Crippen LogP contribution in [0.5, 0.6) is 0 Å². The average Bonchev–Trinajstić information content (AvgIpc) is 2.76. The average molecular weight is 329 g/mol. The molecule has 0 spiro atoms. The topological polar surface area (TPSA) is 75.4 Å². The number of fused-ring (bicyclic) bond motifs is 1. The number of hydrogen-bond acceptors (Lipinski definition) is 5. The molecule has 7 heteroatoms. The van der Waals surface area contributed by atoms with Crippen LogP contribution < -0.4 is 0 Å². The van der Waals surface area contributed by atoms with Gasteiger partial charge in [0.1, 0.15) is 15.9 Å². The van der Waals surface area contributed by atoms with Gasteiger partial charge in [-0.25, -0.2) is 8.42 Å². The van der Waals surface area contributed by atoms with Crippen LogP contribution in [-0.4, -0.2) is 53.3 Å². The zero-order valence-corrected chi connectivity index (χ0v) is 14.7. The monoisotopic (exact) mass is 329 g/mol. The molecule has 0 saturated carbocycles. The van der Waals surface area contributed by atoms with Crippen molar-refractivity contribution in [2.75, 3.05) is 25.1 Å². The van der Waals surface area contributed by atoms with Gasteiger partial charge >= 0.3 is 0 Å². The van der Waals surface area contributed by atoms with Crippen LogP contribution in [0.2, 0.25) is 0 Å². The lowest BCUT2D eigenvalue weighted by atomic mass is 9.92. The summed E-state index contributed by atoms with van der Waals surface area (Å²) in [5.41, 5.74) is 1.81. The van der Waals surface area contributed by atoms with E-state index >= 15 is 0 Å². The van der Waals surface area contributed by atoms with E-state index in [4.69, 9.17) is 0 Å². The summed E-state index contributed by atoms with van der Waals surface area (Å²) in [5.74, 6) is -0.281. The maximum atomic E-state index is 11.3. The van der Waals surface area contributed by atoms with Crippen LogP contribution in [0.15, 0.2) is 6.07 Å². The Hall–Kier alpha value is -0.920. The maximum absolute atomic E-state index is 11.3. The highest BCUT2D eigenvalue weighted by Crippen LogP contribution is 2.22. The summed E-state index contributed by atoms with van der Waals surface area (Å²) >= 11 is 0. The van der Waals surface area contributed by atoms with Gasteiger partial charge in [0.25, 0.3) is 0 Å². The molecule has 1 aliphatic heterocycles. The lowest BCUT2D eigenvalue weighted by Gasteiger charge is -2.30. The minimum Gasteiger partial charge on any atom is -0.386 e. The summed E-state index contributed by atoms with van der Waals surface area (Å²) in [6, 6.07) is 1.83. The third kappa shape index (κ3) is 5.07. The van der Waals surface area contributed by atoms with Gasteiger partial charge in [-0.3, -0.25) is 9.58 Å². The number of aromatic nitrogens is 2. The molecule has 0 aliphatic carbocycles. The van der Waals surface area contributed by atoms with Crippen molar-refractivity contribution in [3.63, 3.8) is 0 Å². The lowest BCUT2D eigenvalue weighted by Crippen LogP contribution is -2.35. The molecule has 1 aromatic rings. The van der Waals surface area contributed by atoms with Gasteiger partial charge in [-0.05, 0) is 24.4 Å². The Morgan fingerprint density at radius 1 is 1.36 bits per heavy atom. The summed E-state index contributed by atoms with van der Waals surface area (Å²) in [5, 5.41) is 14.4. The predicted octanol–water partition coefficient (Wildman–Crippen LogP) is 1.21. The quantitative estimate of drug-likeness (QED) is 0.879. The van der Waals surface area contributed by atoms with Gasteiger partial charge in [-0.2, -0.15) is 5.10 Å². The second-order valence-corrected chi connectivity index (χ2v) is 9.66. The van der Waals surface area contributed by atoms with Crippen molar-refractivity contribution in [3.05, 3.63) is 17.5 Å². The highest BCUT2D eigenvalue weighted by molar-refractivity contribution is 7.90. The van der Waals surface area contributed by atoms with Crippen molar-refractivity contribution in [1.29, 1.82) is 0 Å². The van der Waals surface area contributed by atoms with Crippen molar-refractivity contribution < 1.29 is 13.5 Å². The van der Waals surface area contributed by atoms with Crippen LogP contribution in [0, 0.1) is 5.41 Å². The van der Waals surface area contributed by atoms with E-state index in [0.717, 1.165) is 44.5 Å². The van der Waals surface area contributed by atoms with E-state index in [9.17, 15) is 13.5 Å². The number of sulfone groups is 1. The van der Waals surface area contributed by atoms with Crippen molar-refractivity contribution in [3.8, 4) is 0 Å². The molecule has 0 saturated heterocycles. The number of rotatable bonds is 5. The van der Waals surface area contributed by atoms with Crippen LogP contribution in [0.4, 0.5) is 0 Å². The molecule has 0 bridgehead atoms. The third-order valence-electron chi connectivity index (χ3n) is 3.88. The van der Waals surface area contributed by atoms with E-state index in [2.05, 4.69) is 30.8 Å². The molecule has 6 nitrogen and oxygen atoms in total. The predicted molar refractivity (Wildman–Crippen MR) is 86.2 cm³/mol. The van der Waals surface area contributed by atoms with Gasteiger partial charge in [0.2, 0.25) is 0 Å². The molecule has 2 heterocycles. The Labute approximate surface area is 133 Å². The zero-order valence-electron chi connectivity index (χ0n) is 13.9. The first-order chi connectivity index (χ1) is 10.0. The molecule has 1 aromatic heterocycles. The highest BCUT2D eigenvalue weighted by atomic mass is 32.2. The molecule has 1 atom stereocenters. The van der Waals surface area contributed by atoms with Crippen LogP contribution >= 0.6 is 0 Å². The van der Waals surface area contributed by atoms with Crippen molar-refractivity contribution in [2.45, 2.75) is 46.4 Å². The van der Waals surface area contributed by atoms with E-state index in [-0.39, 0.29) is 5.75 Å². The molecular weight excluding hydrogens is 302 g/mol. The number of aliphatic hydroxyl groups excluding tert-OH is 1. The van der Waals surface area contributed by atoms with Crippen molar-refractivity contribution in [2.24, 2.45) is 5.41 Å². The molecule has 0 aromatic carbocycles. The Kier molecular flexibility index (Phi) is 4.99. The second kappa shape index (κ2) is 6.29. The van der Waals surface area contributed by atoms with Gasteiger partial charge in [0, 0.05) is 19.3 Å². The molecule has 0 amide bonds. The Bertz CT molecular complexity index is 616. The Balaban J connectivity index is 2.01. The minimum absolute atomic E-state index is 0.281. The van der Waals surface area contributed by atoms with E-state index in [1.54, 1.807) is 0 Å². The summed E-state index contributed by atoms with van der Waals surface area (Å²) in [6.45, 7) is 10.3. The molecular formula is C15H27N3O3S. The van der Waals surface area contributed by atoms with Gasteiger partial charge in [0.15, 0.2) is 0 Å². The molecule has 0 unspecified atom stereocenters. The highest BCUT2D eigenvalue weighted by Gasteiger charge is 2.23. The lowest BCUT2D eigenvalue weighted by molar-refractivity contribution is 0.181. The first-order valence-electron chi connectivity index (χ1n) is 7.68. The van der Waals surface area contributed by atoms with Crippen molar-refractivity contribution >= 4 is 9.84 Å². The molecule has 22 heavy (non-hydrogen) atoms. The maximum Gasteiger partial charge on any atom is 0.150 e. The summed E-state index contributed by atoms with van der Waals surface area (Å²) in [7, 11) is -3.22. The fraction of sp³-hybridized carbons (Fsp3) is 0.800. The Morgan fingerprint density at radius 2 is 2.05 bits per heavy atom. The normalized spacial score (nSPS) is 18.2. The van der Waals surface area contributed by atoms with Gasteiger partial charge in [-0.15, -0.1) is 0 Å². The van der Waals surface area contributed by atoms with Crippen molar-refractivity contribution in [1.82, 2.24) is 14.7 Å². The molecule has 2 rings (SSSR count). The smallest absolute Gasteiger partial charge is 0.150 e. The van der Waals surface area contributed by atoms with Gasteiger partial charge in [0.05, 0.1) is 23.7 Å². The minimum atomic E-state index is -3.22. The summed E-state index contributed by atoms with van der Waals surface area (Å²) < 4.78 is 24.5. The largest absolute Gasteiger partial charge is 0.386 e. The van der Waals surface area contributed by atoms with E-state index in [0.29, 0.717) is 11.1 Å². The first kappa shape index (κ1) is 17.4. The van der Waals surface area contributed by atoms with Crippen LogP contribution in [0.3, 0.4) is 0 Å². The summed E-state index contributed by atoms with van der Waals surface area (Å²) in [4.78, 5) is 2.38. The zero-order chi connectivity index (χ0) is 16.5. The van der Waals surface area contributed by atoms with E-state index < -0.39 is 15.9 Å². The number of aliphatic hydroxyl groups is 1. The third-order valence-corrected chi connectivity index (χ3v) is 4.80. The first-order valence-corrected chi connectivity index (χ1v) is 9.74. The molecule has 0 radical (unpaired) electrons. The van der Waals surface area contributed by atoms with Gasteiger partial charge in [-0.1, -0.05) is 20.8 Å². The van der Waals surface area contributed by atoms with Crippen LogP contribution in [-0.2, 0) is 22.9 Å². The number of nitrogens with zero attached hydrogens (tertiary/aromatic N) is 3. The molecule has 126 valence electrons. The molecule has 0 fully saturated rings. The standard InChI is InChI=1S/C15H27N3O3S/c1-15(2,3)5-6-17-7-8-18-12(10-17)9-13(16-18)14(19)11-22(4,20)21/h9,14,19H,5-8,10-11H2,1-4H3/t14-/m0/s1.